The number of nitrogens with zero attached hydrogens (tertiary/aromatic N) is 3. The molecule has 1 amide bonds. The maximum atomic E-state index is 12.3. The topological polar surface area (TPSA) is 59.4 Å². The molecule has 1 aliphatic heterocycles. The standard InChI is InChI=1S/C17H22N4O/c1-2-19-13-16(12-18)17(22)21-10-8-20(9-11-21)14-15-6-4-3-5-7-15/h3-7,13,19H,2,8-11,14H2,1H3/b16-13-. The molecule has 1 heterocycles. The van der Waals surface area contributed by atoms with Crippen LogP contribution in [0.5, 0.6) is 0 Å². The van der Waals surface area contributed by atoms with E-state index >= 15 is 0 Å². The molecule has 1 fully saturated rings. The molecule has 0 unspecified atom stereocenters. The van der Waals surface area contributed by atoms with Crippen LogP contribution in [0.1, 0.15) is 12.5 Å². The number of piperazine rings is 1. The summed E-state index contributed by atoms with van der Waals surface area (Å²) >= 11 is 0. The van der Waals surface area contributed by atoms with Gasteiger partial charge in [0.15, 0.2) is 0 Å². The summed E-state index contributed by atoms with van der Waals surface area (Å²) in [6, 6.07) is 12.3. The molecule has 5 nitrogen and oxygen atoms in total. The van der Waals surface area contributed by atoms with Gasteiger partial charge < -0.3 is 10.2 Å². The van der Waals surface area contributed by atoms with Gasteiger partial charge in [-0.25, -0.2) is 0 Å². The summed E-state index contributed by atoms with van der Waals surface area (Å²) in [5.41, 5.74) is 1.46. The molecule has 0 aromatic heterocycles. The van der Waals surface area contributed by atoms with Crippen LogP contribution in [0.25, 0.3) is 0 Å². The van der Waals surface area contributed by atoms with E-state index in [1.54, 1.807) is 4.90 Å². The van der Waals surface area contributed by atoms with Crippen LogP contribution in [0, 0.1) is 11.3 Å². The van der Waals surface area contributed by atoms with Gasteiger partial charge in [-0.15, -0.1) is 0 Å². The lowest BCUT2D eigenvalue weighted by molar-refractivity contribution is -0.128. The molecule has 116 valence electrons. The first-order valence-electron chi connectivity index (χ1n) is 7.63. The number of nitrogens with one attached hydrogen (secondary N) is 1. The van der Waals surface area contributed by atoms with Crippen LogP contribution in [0.2, 0.25) is 0 Å². The Bertz CT molecular complexity index is 554. The maximum absolute atomic E-state index is 12.3. The highest BCUT2D eigenvalue weighted by Crippen LogP contribution is 2.10. The second-order valence-corrected chi connectivity index (χ2v) is 5.28. The zero-order valence-corrected chi connectivity index (χ0v) is 13.0. The minimum absolute atomic E-state index is 0.178. The smallest absolute Gasteiger partial charge is 0.266 e. The summed E-state index contributed by atoms with van der Waals surface area (Å²) in [6.45, 7) is 6.53. The van der Waals surface area contributed by atoms with Gasteiger partial charge in [0.1, 0.15) is 11.6 Å². The summed E-state index contributed by atoms with van der Waals surface area (Å²) < 4.78 is 0. The van der Waals surface area contributed by atoms with E-state index in [-0.39, 0.29) is 11.5 Å². The molecule has 0 radical (unpaired) electrons. The molecule has 1 saturated heterocycles. The average Bonchev–Trinajstić information content (AvgIpc) is 2.57. The fourth-order valence-electron chi connectivity index (χ4n) is 2.47. The van der Waals surface area contributed by atoms with Gasteiger partial charge in [0, 0.05) is 45.5 Å². The minimum Gasteiger partial charge on any atom is -0.390 e. The molecule has 0 bridgehead atoms. The van der Waals surface area contributed by atoms with Gasteiger partial charge in [0.25, 0.3) is 5.91 Å². The van der Waals surface area contributed by atoms with E-state index < -0.39 is 0 Å². The molecule has 5 heteroatoms. The fourth-order valence-corrected chi connectivity index (χ4v) is 2.47. The summed E-state index contributed by atoms with van der Waals surface area (Å²) in [5.74, 6) is -0.178. The summed E-state index contributed by atoms with van der Waals surface area (Å²) in [7, 11) is 0. The van der Waals surface area contributed by atoms with E-state index in [9.17, 15) is 4.79 Å². The number of carbonyl (C=O) groups excluding carboxylic acids is 1. The second-order valence-electron chi connectivity index (χ2n) is 5.28. The summed E-state index contributed by atoms with van der Waals surface area (Å²) in [4.78, 5) is 16.4. The van der Waals surface area contributed by atoms with Crippen molar-refractivity contribution in [3.63, 3.8) is 0 Å². The van der Waals surface area contributed by atoms with Crippen molar-refractivity contribution in [1.29, 1.82) is 5.26 Å². The monoisotopic (exact) mass is 298 g/mol. The highest BCUT2D eigenvalue weighted by Gasteiger charge is 2.23. The molecule has 0 spiro atoms. The zero-order valence-electron chi connectivity index (χ0n) is 13.0. The number of rotatable bonds is 5. The number of hydrogen-bond acceptors (Lipinski definition) is 4. The van der Waals surface area contributed by atoms with Gasteiger partial charge in [0.05, 0.1) is 0 Å². The van der Waals surface area contributed by atoms with E-state index in [2.05, 4.69) is 22.3 Å². The van der Waals surface area contributed by atoms with Crippen molar-refractivity contribution < 1.29 is 4.79 Å². The quantitative estimate of drug-likeness (QED) is 0.658. The molecule has 22 heavy (non-hydrogen) atoms. The first-order chi connectivity index (χ1) is 10.7. The van der Waals surface area contributed by atoms with Gasteiger partial charge >= 0.3 is 0 Å². The molecule has 1 aliphatic rings. The van der Waals surface area contributed by atoms with E-state index in [4.69, 9.17) is 5.26 Å². The average molecular weight is 298 g/mol. The lowest BCUT2D eigenvalue weighted by Gasteiger charge is -2.34. The van der Waals surface area contributed by atoms with E-state index in [0.717, 1.165) is 19.6 Å². The van der Waals surface area contributed by atoms with Crippen LogP contribution >= 0.6 is 0 Å². The molecular formula is C17H22N4O. The molecule has 2 rings (SSSR count). The van der Waals surface area contributed by atoms with E-state index in [1.165, 1.54) is 11.8 Å². The van der Waals surface area contributed by atoms with Gasteiger partial charge in [-0.05, 0) is 12.5 Å². The molecule has 1 N–H and O–H groups in total. The largest absolute Gasteiger partial charge is 0.390 e. The fraction of sp³-hybridized carbons (Fsp3) is 0.412. The van der Waals surface area contributed by atoms with E-state index in [0.29, 0.717) is 19.6 Å². The van der Waals surface area contributed by atoms with Crippen molar-refractivity contribution in [3.8, 4) is 6.07 Å². The number of carbonyl (C=O) groups is 1. The highest BCUT2D eigenvalue weighted by atomic mass is 16.2. The van der Waals surface area contributed by atoms with Crippen LogP contribution in [-0.4, -0.2) is 48.4 Å². The van der Waals surface area contributed by atoms with Crippen molar-refractivity contribution in [2.75, 3.05) is 32.7 Å². The Balaban J connectivity index is 1.86. The first kappa shape index (κ1) is 16.1. The summed E-state index contributed by atoms with van der Waals surface area (Å²) in [5, 5.41) is 12.0. The normalized spacial score (nSPS) is 16.2. The van der Waals surface area contributed by atoms with Crippen molar-refractivity contribution in [2.24, 2.45) is 0 Å². The number of nitriles is 1. The number of amides is 1. The zero-order chi connectivity index (χ0) is 15.8. The van der Waals surface area contributed by atoms with Crippen molar-refractivity contribution >= 4 is 5.91 Å². The van der Waals surface area contributed by atoms with Crippen molar-refractivity contribution in [1.82, 2.24) is 15.1 Å². The Kier molecular flexibility index (Phi) is 5.99. The maximum Gasteiger partial charge on any atom is 0.266 e. The lowest BCUT2D eigenvalue weighted by atomic mass is 10.2. The lowest BCUT2D eigenvalue weighted by Crippen LogP contribution is -2.48. The van der Waals surface area contributed by atoms with Gasteiger partial charge in [-0.1, -0.05) is 30.3 Å². The predicted octanol–water partition coefficient (Wildman–Crippen LogP) is 1.35. The van der Waals surface area contributed by atoms with Crippen LogP contribution in [0.3, 0.4) is 0 Å². The Labute approximate surface area is 131 Å². The Morgan fingerprint density at radius 2 is 1.95 bits per heavy atom. The molecular weight excluding hydrogens is 276 g/mol. The Morgan fingerprint density at radius 1 is 1.27 bits per heavy atom. The Hall–Kier alpha value is -2.32. The van der Waals surface area contributed by atoms with Crippen LogP contribution < -0.4 is 5.32 Å². The predicted molar refractivity (Wildman–Crippen MR) is 85.7 cm³/mol. The summed E-state index contributed by atoms with van der Waals surface area (Å²) in [6.07, 6.45) is 1.51. The minimum atomic E-state index is -0.178. The van der Waals surface area contributed by atoms with Crippen LogP contribution in [0.4, 0.5) is 0 Å². The highest BCUT2D eigenvalue weighted by molar-refractivity contribution is 5.97. The number of hydrogen-bond donors (Lipinski definition) is 1. The Morgan fingerprint density at radius 3 is 2.55 bits per heavy atom. The molecule has 0 atom stereocenters. The van der Waals surface area contributed by atoms with Gasteiger partial charge in [-0.2, -0.15) is 5.26 Å². The third kappa shape index (κ3) is 4.34. The molecule has 1 aromatic carbocycles. The third-order valence-electron chi connectivity index (χ3n) is 3.71. The SMILES string of the molecule is CCN/C=C(/C#N)C(=O)N1CCN(Cc2ccccc2)CC1. The van der Waals surface area contributed by atoms with Gasteiger partial charge in [0.2, 0.25) is 0 Å². The van der Waals surface area contributed by atoms with Crippen LogP contribution in [-0.2, 0) is 11.3 Å². The number of benzene rings is 1. The van der Waals surface area contributed by atoms with Crippen molar-refractivity contribution in [2.45, 2.75) is 13.5 Å². The van der Waals surface area contributed by atoms with Gasteiger partial charge in [-0.3, -0.25) is 9.69 Å². The second kappa shape index (κ2) is 8.20. The first-order valence-corrected chi connectivity index (χ1v) is 7.63. The molecule has 0 saturated carbocycles. The van der Waals surface area contributed by atoms with Crippen LogP contribution in [0.15, 0.2) is 42.1 Å². The van der Waals surface area contributed by atoms with Crippen molar-refractivity contribution in [3.05, 3.63) is 47.7 Å². The van der Waals surface area contributed by atoms with E-state index in [1.807, 2.05) is 31.2 Å². The third-order valence-corrected chi connectivity index (χ3v) is 3.71. The molecule has 0 aliphatic carbocycles. The molecule has 1 aromatic rings.